The van der Waals surface area contributed by atoms with Gasteiger partial charge in [0.15, 0.2) is 0 Å². The minimum Gasteiger partial charge on any atom is -0.492 e. The second-order valence-electron chi connectivity index (χ2n) is 8.32. The van der Waals surface area contributed by atoms with Crippen molar-refractivity contribution in [3.05, 3.63) is 106 Å². The molecule has 0 bridgehead atoms. The van der Waals surface area contributed by atoms with Gasteiger partial charge in [-0.2, -0.15) is 13.2 Å². The van der Waals surface area contributed by atoms with E-state index in [1.54, 1.807) is 18.3 Å². The molecule has 1 aromatic heterocycles. The van der Waals surface area contributed by atoms with E-state index in [2.05, 4.69) is 4.98 Å². The number of aromatic nitrogens is 1. The van der Waals surface area contributed by atoms with Crippen LogP contribution in [0.3, 0.4) is 0 Å². The van der Waals surface area contributed by atoms with Crippen molar-refractivity contribution in [2.75, 3.05) is 6.61 Å². The molecule has 0 saturated heterocycles. The van der Waals surface area contributed by atoms with Crippen LogP contribution in [-0.2, 0) is 31.9 Å². The standard InChI is InChI=1S/C28H24F5NO/c1-2-35-23-12-11-22(34-17-23)10-4-18-5-13-24-21(15-18)9-8-20(27(24)30)7-3-19-6-14-25(26(29)16-19)28(31,32)33/h5-6,8-9,11-17H,2-4,7,10H2,1H3. The fourth-order valence-electron chi connectivity index (χ4n) is 4.04. The number of aryl methyl sites for hydroxylation is 4. The molecule has 0 fully saturated rings. The lowest BCUT2D eigenvalue weighted by Gasteiger charge is -2.11. The molecule has 35 heavy (non-hydrogen) atoms. The first-order valence-electron chi connectivity index (χ1n) is 11.4. The average Bonchev–Trinajstić information content (AvgIpc) is 2.82. The van der Waals surface area contributed by atoms with E-state index in [9.17, 15) is 17.6 Å². The van der Waals surface area contributed by atoms with E-state index in [-0.39, 0.29) is 18.7 Å². The van der Waals surface area contributed by atoms with Gasteiger partial charge in [0.2, 0.25) is 0 Å². The highest BCUT2D eigenvalue weighted by atomic mass is 19.4. The lowest BCUT2D eigenvalue weighted by molar-refractivity contribution is -0.140. The monoisotopic (exact) mass is 485 g/mol. The molecular weight excluding hydrogens is 461 g/mol. The Morgan fingerprint density at radius 1 is 0.800 bits per heavy atom. The molecule has 0 spiro atoms. The number of pyridine rings is 1. The summed E-state index contributed by atoms with van der Waals surface area (Å²) in [4.78, 5) is 4.40. The van der Waals surface area contributed by atoms with E-state index in [0.29, 0.717) is 23.1 Å². The normalized spacial score (nSPS) is 11.7. The third-order valence-corrected chi connectivity index (χ3v) is 5.90. The molecule has 2 nitrogen and oxygen atoms in total. The highest BCUT2D eigenvalue weighted by Gasteiger charge is 2.33. The summed E-state index contributed by atoms with van der Waals surface area (Å²) in [7, 11) is 0. The van der Waals surface area contributed by atoms with Crippen LogP contribution in [0.4, 0.5) is 22.0 Å². The van der Waals surface area contributed by atoms with Crippen molar-refractivity contribution in [1.29, 1.82) is 0 Å². The van der Waals surface area contributed by atoms with E-state index >= 15 is 4.39 Å². The molecule has 0 saturated carbocycles. The van der Waals surface area contributed by atoms with Crippen LogP contribution in [-0.4, -0.2) is 11.6 Å². The Balaban J connectivity index is 1.43. The predicted octanol–water partition coefficient (Wildman–Crippen LogP) is 7.50. The Labute approximate surface area is 200 Å². The summed E-state index contributed by atoms with van der Waals surface area (Å²) < 4.78 is 72.5. The second-order valence-corrected chi connectivity index (χ2v) is 8.32. The van der Waals surface area contributed by atoms with Crippen LogP contribution in [0.1, 0.15) is 34.9 Å². The Kier molecular flexibility index (Phi) is 7.34. The molecule has 3 aromatic carbocycles. The van der Waals surface area contributed by atoms with Gasteiger partial charge in [-0.3, -0.25) is 4.98 Å². The summed E-state index contributed by atoms with van der Waals surface area (Å²) in [6, 6.07) is 15.7. The number of hydrogen-bond donors (Lipinski definition) is 0. The summed E-state index contributed by atoms with van der Waals surface area (Å²) >= 11 is 0. The van der Waals surface area contributed by atoms with Gasteiger partial charge in [0, 0.05) is 11.1 Å². The first-order chi connectivity index (χ1) is 16.7. The van der Waals surface area contributed by atoms with Crippen LogP contribution >= 0.6 is 0 Å². The fourth-order valence-corrected chi connectivity index (χ4v) is 4.04. The Morgan fingerprint density at radius 3 is 2.23 bits per heavy atom. The molecule has 182 valence electrons. The van der Waals surface area contributed by atoms with E-state index in [4.69, 9.17) is 4.74 Å². The van der Waals surface area contributed by atoms with Crippen molar-refractivity contribution in [2.45, 2.75) is 38.8 Å². The number of ether oxygens (including phenoxy) is 1. The molecule has 0 aliphatic carbocycles. The van der Waals surface area contributed by atoms with Crippen molar-refractivity contribution in [1.82, 2.24) is 4.98 Å². The average molecular weight is 485 g/mol. The maximum Gasteiger partial charge on any atom is 0.419 e. The van der Waals surface area contributed by atoms with Crippen LogP contribution < -0.4 is 4.74 Å². The summed E-state index contributed by atoms with van der Waals surface area (Å²) in [5.41, 5.74) is 1.51. The molecule has 0 amide bonds. The molecule has 0 N–H and O–H groups in total. The number of benzene rings is 3. The third kappa shape index (κ3) is 5.96. The summed E-state index contributed by atoms with van der Waals surface area (Å²) in [6.45, 7) is 2.50. The van der Waals surface area contributed by atoms with Crippen molar-refractivity contribution in [3.8, 4) is 5.75 Å². The highest BCUT2D eigenvalue weighted by molar-refractivity contribution is 5.84. The van der Waals surface area contributed by atoms with Crippen molar-refractivity contribution >= 4 is 10.8 Å². The van der Waals surface area contributed by atoms with E-state index in [1.807, 2.05) is 37.3 Å². The van der Waals surface area contributed by atoms with Gasteiger partial charge in [-0.15, -0.1) is 0 Å². The van der Waals surface area contributed by atoms with Gasteiger partial charge in [-0.05, 0) is 78.9 Å². The zero-order chi connectivity index (χ0) is 25.0. The zero-order valence-corrected chi connectivity index (χ0v) is 19.1. The molecule has 1 heterocycles. The first kappa shape index (κ1) is 24.6. The number of alkyl halides is 3. The van der Waals surface area contributed by atoms with Crippen LogP contribution in [0.5, 0.6) is 5.75 Å². The van der Waals surface area contributed by atoms with Crippen molar-refractivity contribution < 1.29 is 26.7 Å². The first-order valence-corrected chi connectivity index (χ1v) is 11.4. The minimum absolute atomic E-state index is 0.227. The van der Waals surface area contributed by atoms with E-state index < -0.39 is 17.6 Å². The Bertz CT molecular complexity index is 1320. The Morgan fingerprint density at radius 2 is 1.54 bits per heavy atom. The summed E-state index contributed by atoms with van der Waals surface area (Å²) in [6.07, 6.45) is -1.07. The smallest absolute Gasteiger partial charge is 0.419 e. The second kappa shape index (κ2) is 10.4. The SMILES string of the molecule is CCOc1ccc(CCc2ccc3c(F)c(CCc4ccc(C(F)(F)F)c(F)c4)ccc3c2)nc1. The van der Waals surface area contributed by atoms with E-state index in [1.165, 1.54) is 6.07 Å². The van der Waals surface area contributed by atoms with Crippen LogP contribution in [0.15, 0.2) is 66.9 Å². The van der Waals surface area contributed by atoms with Gasteiger partial charge in [0.05, 0.1) is 18.4 Å². The number of rotatable bonds is 8. The largest absolute Gasteiger partial charge is 0.492 e. The van der Waals surface area contributed by atoms with Gasteiger partial charge in [0.1, 0.15) is 17.4 Å². The maximum absolute atomic E-state index is 15.1. The molecule has 4 aromatic rings. The summed E-state index contributed by atoms with van der Waals surface area (Å²) in [5, 5.41) is 1.24. The van der Waals surface area contributed by atoms with Gasteiger partial charge < -0.3 is 4.74 Å². The molecule has 4 rings (SSSR count). The number of hydrogen-bond acceptors (Lipinski definition) is 2. The van der Waals surface area contributed by atoms with Crippen LogP contribution in [0.25, 0.3) is 10.8 Å². The molecule has 0 aliphatic rings. The number of halogens is 5. The lowest BCUT2D eigenvalue weighted by Crippen LogP contribution is -2.08. The molecule has 0 aliphatic heterocycles. The highest BCUT2D eigenvalue weighted by Crippen LogP contribution is 2.32. The predicted molar refractivity (Wildman–Crippen MR) is 126 cm³/mol. The molecule has 0 radical (unpaired) electrons. The van der Waals surface area contributed by atoms with Crippen LogP contribution in [0, 0.1) is 11.6 Å². The quantitative estimate of drug-likeness (QED) is 0.241. The van der Waals surface area contributed by atoms with Crippen molar-refractivity contribution in [2.24, 2.45) is 0 Å². The maximum atomic E-state index is 15.1. The Hall–Kier alpha value is -3.48. The van der Waals surface area contributed by atoms with Crippen molar-refractivity contribution in [3.63, 3.8) is 0 Å². The fraction of sp³-hybridized carbons (Fsp3) is 0.250. The summed E-state index contributed by atoms with van der Waals surface area (Å²) in [5.74, 6) is -0.951. The van der Waals surface area contributed by atoms with Gasteiger partial charge in [-0.1, -0.05) is 36.4 Å². The minimum atomic E-state index is -4.74. The van der Waals surface area contributed by atoms with Gasteiger partial charge in [0.25, 0.3) is 0 Å². The number of fused-ring (bicyclic) bond motifs is 1. The topological polar surface area (TPSA) is 22.1 Å². The lowest BCUT2D eigenvalue weighted by atomic mass is 9.97. The third-order valence-electron chi connectivity index (χ3n) is 5.90. The molecule has 0 atom stereocenters. The van der Waals surface area contributed by atoms with Gasteiger partial charge in [-0.25, -0.2) is 8.78 Å². The number of nitrogens with zero attached hydrogens (tertiary/aromatic N) is 1. The molecular formula is C28H24F5NO. The van der Waals surface area contributed by atoms with Gasteiger partial charge >= 0.3 is 6.18 Å². The molecule has 0 unspecified atom stereocenters. The zero-order valence-electron chi connectivity index (χ0n) is 19.1. The molecule has 7 heteroatoms. The van der Waals surface area contributed by atoms with E-state index in [0.717, 1.165) is 47.4 Å². The van der Waals surface area contributed by atoms with Crippen LogP contribution in [0.2, 0.25) is 0 Å².